The van der Waals surface area contributed by atoms with Crippen LogP contribution >= 0.6 is 11.8 Å². The fourth-order valence-electron chi connectivity index (χ4n) is 4.95. The summed E-state index contributed by atoms with van der Waals surface area (Å²) in [6, 6.07) is 5.61. The number of nitrogens with one attached hydrogen (secondary N) is 3. The lowest BCUT2D eigenvalue weighted by Crippen LogP contribution is -2.39. The minimum Gasteiger partial charge on any atom is -0.493 e. The van der Waals surface area contributed by atoms with Crippen molar-refractivity contribution in [3.63, 3.8) is 0 Å². The van der Waals surface area contributed by atoms with E-state index in [1.54, 1.807) is 21.3 Å². The summed E-state index contributed by atoms with van der Waals surface area (Å²) >= 11 is 1.50. The first-order chi connectivity index (χ1) is 22.1. The third kappa shape index (κ3) is 9.17. The van der Waals surface area contributed by atoms with Crippen LogP contribution in [0.2, 0.25) is 0 Å². The Bertz CT molecular complexity index is 1320. The van der Waals surface area contributed by atoms with Gasteiger partial charge in [0.2, 0.25) is 29.5 Å². The molecule has 0 bridgehead atoms. The van der Waals surface area contributed by atoms with Crippen molar-refractivity contribution in [1.29, 1.82) is 0 Å². The Morgan fingerprint density at radius 3 is 1.69 bits per heavy atom. The van der Waals surface area contributed by atoms with Crippen molar-refractivity contribution in [3.05, 3.63) is 18.2 Å². The monoisotopic (exact) mass is 642 g/mol. The van der Waals surface area contributed by atoms with Crippen LogP contribution in [0, 0.1) is 0 Å². The van der Waals surface area contributed by atoms with E-state index in [0.29, 0.717) is 59.8 Å². The van der Waals surface area contributed by atoms with E-state index in [4.69, 9.17) is 28.7 Å². The number of methoxy groups -OCH3 is 3. The highest BCUT2D eigenvalue weighted by Gasteiger charge is 2.18. The van der Waals surface area contributed by atoms with E-state index in [2.05, 4.69) is 45.7 Å². The molecule has 15 nitrogen and oxygen atoms in total. The number of ether oxygens (including phenoxy) is 5. The number of thioether (sulfide) groups is 1. The number of benzene rings is 1. The van der Waals surface area contributed by atoms with Crippen LogP contribution in [0.25, 0.3) is 11.3 Å². The van der Waals surface area contributed by atoms with Gasteiger partial charge in [-0.1, -0.05) is 0 Å². The maximum atomic E-state index is 5.56. The highest BCUT2D eigenvalue weighted by atomic mass is 32.2. The van der Waals surface area contributed by atoms with Crippen molar-refractivity contribution in [1.82, 2.24) is 34.7 Å². The van der Waals surface area contributed by atoms with E-state index in [1.165, 1.54) is 11.8 Å². The fraction of sp³-hybridized carbons (Fsp3) is 0.552. The molecule has 3 aromatic rings. The molecule has 0 unspecified atom stereocenters. The molecule has 0 saturated carbocycles. The third-order valence-electron chi connectivity index (χ3n) is 7.36. The Hall–Kier alpha value is -3.70. The van der Waals surface area contributed by atoms with Crippen LogP contribution < -0.4 is 30.2 Å². The van der Waals surface area contributed by atoms with Crippen LogP contribution in [0.1, 0.15) is 0 Å². The molecule has 2 fully saturated rings. The van der Waals surface area contributed by atoms with E-state index in [0.717, 1.165) is 76.3 Å². The number of hydrogen-bond donors (Lipinski definition) is 3. The summed E-state index contributed by atoms with van der Waals surface area (Å²) in [5.41, 5.74) is 1.44. The molecule has 3 N–H and O–H groups in total. The second kappa shape index (κ2) is 16.6. The second-order valence-electron chi connectivity index (χ2n) is 10.2. The van der Waals surface area contributed by atoms with Gasteiger partial charge in [0.05, 0.1) is 53.5 Å². The highest BCUT2D eigenvalue weighted by Crippen LogP contribution is 2.41. The molecule has 2 saturated heterocycles. The van der Waals surface area contributed by atoms with Crippen molar-refractivity contribution >= 4 is 35.6 Å². The third-order valence-corrected chi connectivity index (χ3v) is 7.99. The molecule has 0 atom stereocenters. The van der Waals surface area contributed by atoms with Gasteiger partial charge in [0, 0.05) is 57.9 Å². The normalized spacial score (nSPS) is 15.8. The highest BCUT2D eigenvalue weighted by molar-refractivity contribution is 7.98. The first kappa shape index (κ1) is 32.7. The molecule has 0 radical (unpaired) electrons. The average molecular weight is 643 g/mol. The lowest BCUT2D eigenvalue weighted by molar-refractivity contribution is 0.0398. The van der Waals surface area contributed by atoms with Crippen LogP contribution in [0.5, 0.6) is 17.2 Å². The van der Waals surface area contributed by atoms with Gasteiger partial charge in [0.1, 0.15) is 5.03 Å². The average Bonchev–Trinajstić information content (AvgIpc) is 3.08. The Balaban J connectivity index is 1.37. The zero-order chi connectivity index (χ0) is 31.4. The smallest absolute Gasteiger partial charge is 0.236 e. The molecule has 5 rings (SSSR count). The van der Waals surface area contributed by atoms with Crippen LogP contribution in [-0.4, -0.2) is 141 Å². The van der Waals surface area contributed by atoms with Gasteiger partial charge in [0.15, 0.2) is 11.5 Å². The fourth-order valence-corrected chi connectivity index (χ4v) is 5.36. The number of morpholine rings is 2. The summed E-state index contributed by atoms with van der Waals surface area (Å²) in [6.07, 6.45) is 1.96. The lowest BCUT2D eigenvalue weighted by atomic mass is 10.1. The molecule has 45 heavy (non-hydrogen) atoms. The molecule has 4 heterocycles. The molecule has 16 heteroatoms. The topological polar surface area (TPSA) is 153 Å². The first-order valence-corrected chi connectivity index (χ1v) is 16.2. The van der Waals surface area contributed by atoms with Crippen LogP contribution in [0.3, 0.4) is 0 Å². The Morgan fingerprint density at radius 1 is 0.689 bits per heavy atom. The molecule has 0 aliphatic carbocycles. The molecule has 0 amide bonds. The van der Waals surface area contributed by atoms with Gasteiger partial charge in [-0.15, -0.1) is 11.8 Å². The van der Waals surface area contributed by atoms with Crippen LogP contribution in [0.4, 0.5) is 23.8 Å². The first-order valence-electron chi connectivity index (χ1n) is 14.9. The van der Waals surface area contributed by atoms with Gasteiger partial charge >= 0.3 is 0 Å². The predicted molar refractivity (Wildman–Crippen MR) is 174 cm³/mol. The number of rotatable bonds is 15. The van der Waals surface area contributed by atoms with Crippen molar-refractivity contribution in [2.75, 3.05) is 122 Å². The number of hydrogen-bond acceptors (Lipinski definition) is 16. The van der Waals surface area contributed by atoms with Gasteiger partial charge in [-0.05, 0) is 24.5 Å². The minimum absolute atomic E-state index is 0.321. The maximum Gasteiger partial charge on any atom is 0.236 e. The number of nitrogens with zero attached hydrogens (tertiary/aromatic N) is 7. The summed E-state index contributed by atoms with van der Waals surface area (Å²) < 4.78 is 27.6. The van der Waals surface area contributed by atoms with Gasteiger partial charge < -0.3 is 34.3 Å². The van der Waals surface area contributed by atoms with Crippen molar-refractivity contribution < 1.29 is 23.7 Å². The molecular formula is C29H42N10O5S. The van der Waals surface area contributed by atoms with Crippen molar-refractivity contribution in [3.8, 4) is 28.5 Å². The molecule has 2 aliphatic heterocycles. The summed E-state index contributed by atoms with van der Waals surface area (Å²) in [5.74, 6) is 3.15. The van der Waals surface area contributed by atoms with E-state index in [9.17, 15) is 0 Å². The Kier molecular flexibility index (Phi) is 12.0. The molecule has 2 aliphatic rings. The largest absolute Gasteiger partial charge is 0.493 e. The zero-order valence-corrected chi connectivity index (χ0v) is 27.1. The summed E-state index contributed by atoms with van der Waals surface area (Å²) in [5, 5.41) is 10.7. The van der Waals surface area contributed by atoms with Gasteiger partial charge in [-0.3, -0.25) is 15.1 Å². The summed E-state index contributed by atoms with van der Waals surface area (Å²) in [4.78, 5) is 28.1. The number of anilines is 4. The Morgan fingerprint density at radius 2 is 1.20 bits per heavy atom. The van der Waals surface area contributed by atoms with E-state index >= 15 is 0 Å². The SMILES string of the molecule is COc1cc(-c2cc(SC)nc(Nc3nc(NCCN4CCOCC4)nc(NCCN4CCOCC4)n3)n2)cc(OC)c1OC. The van der Waals surface area contributed by atoms with Crippen LogP contribution in [0.15, 0.2) is 23.2 Å². The van der Waals surface area contributed by atoms with E-state index in [1.807, 2.05) is 24.5 Å². The lowest BCUT2D eigenvalue weighted by Gasteiger charge is -2.26. The molecule has 244 valence electrons. The second-order valence-corrected chi connectivity index (χ2v) is 11.1. The van der Waals surface area contributed by atoms with Crippen LogP contribution in [-0.2, 0) is 9.47 Å². The van der Waals surface area contributed by atoms with Gasteiger partial charge in [0.25, 0.3) is 0 Å². The predicted octanol–water partition coefficient (Wildman–Crippen LogP) is 2.31. The Labute approximate surface area is 267 Å². The molecule has 2 aromatic heterocycles. The van der Waals surface area contributed by atoms with E-state index < -0.39 is 0 Å². The van der Waals surface area contributed by atoms with Gasteiger partial charge in [-0.25, -0.2) is 9.97 Å². The zero-order valence-electron chi connectivity index (χ0n) is 26.3. The standard InChI is InChI=1S/C29H42N10O5S/c1-40-22-17-20(18-23(41-2)25(22)42-3)21-19-24(45-4)33-28(32-21)37-29-35-26(30-5-7-38-9-13-43-14-10-38)34-27(36-29)31-6-8-39-11-15-44-16-12-39/h17-19H,5-16H2,1-4H3,(H3,30,31,32,33,34,35,36,37). The molecular weight excluding hydrogens is 600 g/mol. The van der Waals surface area contributed by atoms with Gasteiger partial charge in [-0.2, -0.15) is 15.0 Å². The minimum atomic E-state index is 0.321. The maximum absolute atomic E-state index is 5.56. The number of aromatic nitrogens is 5. The van der Waals surface area contributed by atoms with Crippen molar-refractivity contribution in [2.24, 2.45) is 0 Å². The van der Waals surface area contributed by atoms with E-state index in [-0.39, 0.29) is 0 Å². The quantitative estimate of drug-likeness (QED) is 0.164. The van der Waals surface area contributed by atoms with Crippen molar-refractivity contribution in [2.45, 2.75) is 5.03 Å². The summed E-state index contributed by atoms with van der Waals surface area (Å²) in [7, 11) is 4.74. The molecule has 1 aromatic carbocycles. The summed E-state index contributed by atoms with van der Waals surface area (Å²) in [6.45, 7) is 9.75. The molecule has 0 spiro atoms.